The lowest BCUT2D eigenvalue weighted by molar-refractivity contribution is -0.119. The summed E-state index contributed by atoms with van der Waals surface area (Å²) in [6.45, 7) is 0. The van der Waals surface area contributed by atoms with Gasteiger partial charge in [0.2, 0.25) is 0 Å². The van der Waals surface area contributed by atoms with E-state index in [4.69, 9.17) is 46.4 Å². The lowest BCUT2D eigenvalue weighted by Gasteiger charge is -2.11. The lowest BCUT2D eigenvalue weighted by atomic mass is 10.0. The van der Waals surface area contributed by atoms with Crippen molar-refractivity contribution in [3.63, 3.8) is 0 Å². The Morgan fingerprint density at radius 3 is 1.38 bits per heavy atom. The summed E-state index contributed by atoms with van der Waals surface area (Å²) in [5.74, 6) is 0.175. The minimum atomic E-state index is -0.186. The number of ketones is 1. The molecule has 0 aliphatic rings. The third-order valence-corrected chi connectivity index (χ3v) is 5.26. The van der Waals surface area contributed by atoms with Crippen LogP contribution in [0.5, 0.6) is 0 Å². The highest BCUT2D eigenvalue weighted by atomic mass is 35.5. The molecule has 0 aliphatic carbocycles. The first-order valence-electron chi connectivity index (χ1n) is 7.76. The van der Waals surface area contributed by atoms with Crippen LogP contribution in [0.25, 0.3) is 0 Å². The molecule has 0 N–H and O–H groups in total. The molecule has 24 heavy (non-hydrogen) atoms. The number of carbonyl (C=O) groups excluding carboxylic acids is 1. The first kappa shape index (κ1) is 19.6. The van der Waals surface area contributed by atoms with E-state index in [-0.39, 0.29) is 16.5 Å². The van der Waals surface area contributed by atoms with Crippen molar-refractivity contribution in [1.29, 1.82) is 0 Å². The third-order valence-electron chi connectivity index (χ3n) is 3.82. The van der Waals surface area contributed by atoms with E-state index in [1.54, 1.807) is 24.3 Å². The number of rotatable bonds is 8. The summed E-state index contributed by atoms with van der Waals surface area (Å²) in [4.78, 5) is 12.1. The van der Waals surface area contributed by atoms with Crippen LogP contribution in [0, 0.1) is 0 Å². The van der Waals surface area contributed by atoms with Crippen molar-refractivity contribution in [3.05, 3.63) is 69.7 Å². The molecule has 2 aromatic rings. The Morgan fingerprint density at radius 1 is 0.708 bits per heavy atom. The molecule has 5 heteroatoms. The van der Waals surface area contributed by atoms with E-state index in [9.17, 15) is 4.79 Å². The molecule has 1 nitrogen and oxygen atoms in total. The molecule has 0 bridgehead atoms. The van der Waals surface area contributed by atoms with E-state index in [2.05, 4.69) is 0 Å². The molecule has 2 rings (SSSR count). The topological polar surface area (TPSA) is 17.1 Å². The maximum atomic E-state index is 12.1. The second kappa shape index (κ2) is 9.68. The van der Waals surface area contributed by atoms with Crippen molar-refractivity contribution in [3.8, 4) is 0 Å². The van der Waals surface area contributed by atoms with Crippen LogP contribution >= 0.6 is 46.4 Å². The summed E-state index contributed by atoms with van der Waals surface area (Å²) in [6, 6.07) is 14.8. The number of halogens is 4. The Morgan fingerprint density at radius 2 is 1.04 bits per heavy atom. The average Bonchev–Trinajstić information content (AvgIpc) is 2.58. The minimum Gasteiger partial charge on any atom is -0.300 e. The SMILES string of the molecule is O=C(CCC(Cl)c1ccc(Cl)cc1)CCC(Cl)c1ccc(Cl)cc1. The van der Waals surface area contributed by atoms with Gasteiger partial charge in [0.25, 0.3) is 0 Å². The van der Waals surface area contributed by atoms with Gasteiger partial charge in [0.15, 0.2) is 0 Å². The van der Waals surface area contributed by atoms with Crippen molar-refractivity contribution in [1.82, 2.24) is 0 Å². The molecule has 0 amide bonds. The van der Waals surface area contributed by atoms with Crippen molar-refractivity contribution in [2.45, 2.75) is 36.4 Å². The molecule has 0 aliphatic heterocycles. The van der Waals surface area contributed by atoms with Crippen LogP contribution in [0.1, 0.15) is 47.6 Å². The van der Waals surface area contributed by atoms with E-state index < -0.39 is 0 Å². The van der Waals surface area contributed by atoms with E-state index >= 15 is 0 Å². The summed E-state index contributed by atoms with van der Waals surface area (Å²) in [5, 5.41) is 0.978. The number of benzene rings is 2. The molecule has 0 spiro atoms. The van der Waals surface area contributed by atoms with E-state index in [0.29, 0.717) is 35.7 Å². The minimum absolute atomic E-state index is 0.175. The zero-order chi connectivity index (χ0) is 17.5. The molecule has 128 valence electrons. The summed E-state index contributed by atoms with van der Waals surface area (Å²) in [7, 11) is 0. The average molecular weight is 404 g/mol. The van der Waals surface area contributed by atoms with Crippen molar-refractivity contribution in [2.75, 3.05) is 0 Å². The summed E-state index contributed by atoms with van der Waals surface area (Å²) < 4.78 is 0. The van der Waals surface area contributed by atoms with Gasteiger partial charge >= 0.3 is 0 Å². The second-order valence-corrected chi connectivity index (χ2v) is 7.58. The molecule has 0 saturated carbocycles. The van der Waals surface area contributed by atoms with Crippen LogP contribution in [-0.4, -0.2) is 5.78 Å². The lowest BCUT2D eigenvalue weighted by Crippen LogP contribution is -2.02. The van der Waals surface area contributed by atoms with Crippen molar-refractivity contribution < 1.29 is 4.79 Å². The van der Waals surface area contributed by atoms with Crippen LogP contribution in [-0.2, 0) is 4.79 Å². The molecule has 0 fully saturated rings. The highest BCUT2D eigenvalue weighted by Crippen LogP contribution is 2.29. The van der Waals surface area contributed by atoms with Gasteiger partial charge in [-0.25, -0.2) is 0 Å². The van der Waals surface area contributed by atoms with Gasteiger partial charge in [-0.2, -0.15) is 0 Å². The molecule has 0 aromatic heterocycles. The fourth-order valence-corrected chi connectivity index (χ4v) is 3.14. The van der Waals surface area contributed by atoms with E-state index in [1.165, 1.54) is 0 Å². The summed E-state index contributed by atoms with van der Waals surface area (Å²) in [6.07, 6.45) is 2.11. The molecule has 0 saturated heterocycles. The quantitative estimate of drug-likeness (QED) is 0.420. The third kappa shape index (κ3) is 6.29. The summed E-state index contributed by atoms with van der Waals surface area (Å²) in [5.41, 5.74) is 1.95. The van der Waals surface area contributed by atoms with Crippen LogP contribution < -0.4 is 0 Å². The highest BCUT2D eigenvalue weighted by molar-refractivity contribution is 6.31. The van der Waals surface area contributed by atoms with Gasteiger partial charge in [0.05, 0.1) is 10.8 Å². The molecule has 2 unspecified atom stereocenters. The molecule has 0 radical (unpaired) electrons. The van der Waals surface area contributed by atoms with Gasteiger partial charge in [0, 0.05) is 22.9 Å². The Balaban J connectivity index is 1.74. The molecule has 2 atom stereocenters. The second-order valence-electron chi connectivity index (χ2n) is 5.65. The summed E-state index contributed by atoms with van der Waals surface area (Å²) >= 11 is 24.4. The largest absolute Gasteiger partial charge is 0.300 e. The smallest absolute Gasteiger partial charge is 0.133 e. The van der Waals surface area contributed by atoms with Gasteiger partial charge in [-0.05, 0) is 48.2 Å². The fourth-order valence-electron chi connectivity index (χ4n) is 2.38. The standard InChI is InChI=1S/C19H18Cl4O/c20-15-5-1-13(2-6-15)18(22)11-9-17(24)10-12-19(23)14-3-7-16(21)8-4-14/h1-8,18-19H,9-12H2. The van der Waals surface area contributed by atoms with Crippen molar-refractivity contribution >= 4 is 52.2 Å². The number of Topliss-reactive ketones (excluding diaryl/α,β-unsaturated/α-hetero) is 1. The number of carbonyl (C=O) groups is 1. The Hall–Kier alpha value is -0.730. The van der Waals surface area contributed by atoms with Crippen LogP contribution in [0.4, 0.5) is 0 Å². The highest BCUT2D eigenvalue weighted by Gasteiger charge is 2.14. The van der Waals surface area contributed by atoms with Gasteiger partial charge in [-0.3, -0.25) is 4.79 Å². The Labute approximate surface area is 162 Å². The van der Waals surface area contributed by atoms with Gasteiger partial charge < -0.3 is 0 Å². The van der Waals surface area contributed by atoms with Crippen LogP contribution in [0.2, 0.25) is 10.0 Å². The first-order chi connectivity index (χ1) is 11.5. The predicted octanol–water partition coefficient (Wildman–Crippen LogP) is 7.38. The number of alkyl halides is 2. The van der Waals surface area contributed by atoms with Crippen LogP contribution in [0.3, 0.4) is 0 Å². The molecule has 2 aromatic carbocycles. The molecule has 0 heterocycles. The van der Waals surface area contributed by atoms with Gasteiger partial charge in [-0.15, -0.1) is 23.2 Å². The monoisotopic (exact) mass is 402 g/mol. The maximum Gasteiger partial charge on any atom is 0.133 e. The number of hydrogen-bond acceptors (Lipinski definition) is 1. The predicted molar refractivity (Wildman–Crippen MR) is 104 cm³/mol. The zero-order valence-electron chi connectivity index (χ0n) is 13.0. The normalized spacial score (nSPS) is 13.5. The van der Waals surface area contributed by atoms with E-state index in [1.807, 2.05) is 24.3 Å². The maximum absolute atomic E-state index is 12.1. The van der Waals surface area contributed by atoms with Gasteiger partial charge in [-0.1, -0.05) is 47.5 Å². The number of hydrogen-bond donors (Lipinski definition) is 0. The zero-order valence-corrected chi connectivity index (χ0v) is 16.0. The first-order valence-corrected chi connectivity index (χ1v) is 9.39. The fraction of sp³-hybridized carbons (Fsp3) is 0.316. The van der Waals surface area contributed by atoms with Crippen molar-refractivity contribution in [2.24, 2.45) is 0 Å². The molecular formula is C19H18Cl4O. The Kier molecular flexibility index (Phi) is 7.90. The molecular weight excluding hydrogens is 386 g/mol. The van der Waals surface area contributed by atoms with Gasteiger partial charge in [0.1, 0.15) is 5.78 Å². The van der Waals surface area contributed by atoms with Crippen LogP contribution in [0.15, 0.2) is 48.5 Å². The van der Waals surface area contributed by atoms with E-state index in [0.717, 1.165) is 11.1 Å². The Bertz CT molecular complexity index is 595.